The van der Waals surface area contributed by atoms with Gasteiger partial charge in [0.25, 0.3) is 0 Å². The summed E-state index contributed by atoms with van der Waals surface area (Å²) in [6.07, 6.45) is 5.13. The molecule has 1 aromatic heterocycles. The van der Waals surface area contributed by atoms with Crippen molar-refractivity contribution in [3.8, 4) is 17.2 Å². The molecule has 0 unspecified atom stereocenters. The summed E-state index contributed by atoms with van der Waals surface area (Å²) in [6.45, 7) is 6.89. The first kappa shape index (κ1) is 22.0. The van der Waals surface area contributed by atoms with Gasteiger partial charge in [0, 0.05) is 36.7 Å². The molecule has 0 saturated heterocycles. The minimum Gasteiger partial charge on any atom is -0.493 e. The highest BCUT2D eigenvalue weighted by Gasteiger charge is 2.18. The SMILES string of the molecule is COc1cc2c(cc1OC)CN(C/C=C/COc1ccc3c(C)c(C)c(=O)oc3c1)CC2. The molecule has 0 spiro atoms. The highest BCUT2D eigenvalue weighted by molar-refractivity contribution is 5.82. The van der Waals surface area contributed by atoms with Crippen LogP contribution >= 0.6 is 0 Å². The zero-order chi connectivity index (χ0) is 22.7. The van der Waals surface area contributed by atoms with Crippen molar-refractivity contribution in [1.29, 1.82) is 0 Å². The summed E-state index contributed by atoms with van der Waals surface area (Å²) < 4.78 is 22.1. The summed E-state index contributed by atoms with van der Waals surface area (Å²) in [4.78, 5) is 14.3. The summed E-state index contributed by atoms with van der Waals surface area (Å²) >= 11 is 0. The van der Waals surface area contributed by atoms with Crippen molar-refractivity contribution in [3.63, 3.8) is 0 Å². The van der Waals surface area contributed by atoms with E-state index in [9.17, 15) is 4.79 Å². The molecule has 6 heteroatoms. The summed E-state index contributed by atoms with van der Waals surface area (Å²) in [6, 6.07) is 9.79. The molecule has 0 atom stereocenters. The van der Waals surface area contributed by atoms with Crippen LogP contribution in [0.4, 0.5) is 0 Å². The third-order valence-corrected chi connectivity index (χ3v) is 6.10. The highest BCUT2D eigenvalue weighted by atomic mass is 16.5. The molecule has 1 aliphatic heterocycles. The lowest BCUT2D eigenvalue weighted by Gasteiger charge is -2.28. The number of nitrogens with zero attached hydrogens (tertiary/aromatic N) is 1. The molecular formula is C26H29NO5. The van der Waals surface area contributed by atoms with E-state index in [2.05, 4.69) is 23.1 Å². The molecule has 3 aromatic rings. The number of benzene rings is 2. The van der Waals surface area contributed by atoms with Crippen LogP contribution in [0.1, 0.15) is 22.3 Å². The Bertz CT molecular complexity index is 1210. The first-order valence-corrected chi connectivity index (χ1v) is 10.8. The summed E-state index contributed by atoms with van der Waals surface area (Å²) in [5.41, 5.74) is 4.44. The third kappa shape index (κ3) is 4.50. The van der Waals surface area contributed by atoms with Gasteiger partial charge in [-0.25, -0.2) is 4.79 Å². The number of hydrogen-bond donors (Lipinski definition) is 0. The van der Waals surface area contributed by atoms with Crippen molar-refractivity contribution < 1.29 is 18.6 Å². The smallest absolute Gasteiger partial charge is 0.339 e. The van der Waals surface area contributed by atoms with E-state index in [1.165, 1.54) is 11.1 Å². The van der Waals surface area contributed by atoms with Crippen molar-refractivity contribution >= 4 is 11.0 Å². The standard InChI is InChI=1S/C26H29NO5/c1-17-18(2)26(28)32-23-15-21(7-8-22(17)23)31-12-6-5-10-27-11-9-19-13-24(29-3)25(30-4)14-20(19)16-27/h5-8,13-15H,9-12,16H2,1-4H3/b6-5+. The largest absolute Gasteiger partial charge is 0.493 e. The summed E-state index contributed by atoms with van der Waals surface area (Å²) in [5, 5.41) is 0.935. The first-order valence-electron chi connectivity index (χ1n) is 10.8. The Labute approximate surface area is 188 Å². The predicted molar refractivity (Wildman–Crippen MR) is 125 cm³/mol. The molecule has 6 nitrogen and oxygen atoms in total. The molecule has 0 saturated carbocycles. The van der Waals surface area contributed by atoms with Gasteiger partial charge in [-0.15, -0.1) is 0 Å². The maximum Gasteiger partial charge on any atom is 0.339 e. The van der Waals surface area contributed by atoms with Crippen LogP contribution in [0.15, 0.2) is 51.7 Å². The van der Waals surface area contributed by atoms with Gasteiger partial charge in [-0.2, -0.15) is 0 Å². The van der Waals surface area contributed by atoms with E-state index in [1.807, 2.05) is 25.1 Å². The Kier molecular flexibility index (Phi) is 6.51. The van der Waals surface area contributed by atoms with Gasteiger partial charge in [-0.05, 0) is 61.2 Å². The van der Waals surface area contributed by atoms with Crippen LogP contribution in [0, 0.1) is 13.8 Å². The molecule has 0 aliphatic carbocycles. The van der Waals surface area contributed by atoms with E-state index in [-0.39, 0.29) is 5.63 Å². The molecule has 0 N–H and O–H groups in total. The van der Waals surface area contributed by atoms with Crippen molar-refractivity contribution in [1.82, 2.24) is 4.90 Å². The fourth-order valence-corrected chi connectivity index (χ4v) is 4.05. The average Bonchev–Trinajstić information content (AvgIpc) is 2.81. The van der Waals surface area contributed by atoms with Gasteiger partial charge in [0.2, 0.25) is 0 Å². The van der Waals surface area contributed by atoms with Gasteiger partial charge in [0.05, 0.1) is 14.2 Å². The zero-order valence-electron chi connectivity index (χ0n) is 19.1. The van der Waals surface area contributed by atoms with E-state index in [4.69, 9.17) is 18.6 Å². The molecule has 0 fully saturated rings. The van der Waals surface area contributed by atoms with E-state index in [1.54, 1.807) is 27.2 Å². The van der Waals surface area contributed by atoms with Gasteiger partial charge in [-0.1, -0.05) is 12.2 Å². The van der Waals surface area contributed by atoms with E-state index < -0.39 is 0 Å². The second-order valence-corrected chi connectivity index (χ2v) is 8.04. The Hall–Kier alpha value is -3.25. The zero-order valence-corrected chi connectivity index (χ0v) is 19.1. The maximum atomic E-state index is 11.9. The van der Waals surface area contributed by atoms with E-state index in [0.717, 1.165) is 48.5 Å². The van der Waals surface area contributed by atoms with Crippen molar-refractivity contribution in [2.24, 2.45) is 0 Å². The number of methoxy groups -OCH3 is 2. The van der Waals surface area contributed by atoms with E-state index >= 15 is 0 Å². The molecule has 0 amide bonds. The lowest BCUT2D eigenvalue weighted by Crippen LogP contribution is -2.30. The van der Waals surface area contributed by atoms with Gasteiger partial charge < -0.3 is 18.6 Å². The molecule has 168 valence electrons. The second kappa shape index (κ2) is 9.49. The van der Waals surface area contributed by atoms with Gasteiger partial charge >= 0.3 is 5.63 Å². The molecule has 4 rings (SSSR count). The fourth-order valence-electron chi connectivity index (χ4n) is 4.05. The lowest BCUT2D eigenvalue weighted by atomic mass is 9.99. The molecule has 0 radical (unpaired) electrons. The molecular weight excluding hydrogens is 406 g/mol. The Morgan fingerprint density at radius 2 is 1.75 bits per heavy atom. The van der Waals surface area contributed by atoms with Crippen molar-refractivity contribution in [2.45, 2.75) is 26.8 Å². The highest BCUT2D eigenvalue weighted by Crippen LogP contribution is 2.33. The van der Waals surface area contributed by atoms with Gasteiger partial charge in [0.1, 0.15) is 17.9 Å². The minimum atomic E-state index is -0.300. The Morgan fingerprint density at radius 1 is 1.00 bits per heavy atom. The second-order valence-electron chi connectivity index (χ2n) is 8.04. The molecule has 2 heterocycles. The quantitative estimate of drug-likeness (QED) is 0.404. The van der Waals surface area contributed by atoms with Crippen LogP contribution in [0.25, 0.3) is 11.0 Å². The maximum absolute atomic E-state index is 11.9. The average molecular weight is 436 g/mol. The van der Waals surface area contributed by atoms with Gasteiger partial charge in [-0.3, -0.25) is 4.90 Å². The van der Waals surface area contributed by atoms with Crippen LogP contribution in [0.2, 0.25) is 0 Å². The van der Waals surface area contributed by atoms with Crippen LogP contribution < -0.4 is 19.8 Å². The van der Waals surface area contributed by atoms with Crippen LogP contribution in [0.3, 0.4) is 0 Å². The van der Waals surface area contributed by atoms with Crippen LogP contribution in [-0.2, 0) is 13.0 Å². The van der Waals surface area contributed by atoms with E-state index in [0.29, 0.717) is 23.5 Å². The molecule has 0 bridgehead atoms. The topological polar surface area (TPSA) is 61.1 Å². The normalized spacial score (nSPS) is 14.0. The fraction of sp³-hybridized carbons (Fsp3) is 0.346. The number of rotatable bonds is 7. The number of aryl methyl sites for hydroxylation is 1. The molecule has 32 heavy (non-hydrogen) atoms. The number of fused-ring (bicyclic) bond motifs is 2. The van der Waals surface area contributed by atoms with Crippen LogP contribution in [-0.4, -0.2) is 38.8 Å². The Morgan fingerprint density at radius 3 is 2.50 bits per heavy atom. The summed E-state index contributed by atoms with van der Waals surface area (Å²) in [5.74, 6) is 2.24. The molecule has 2 aromatic carbocycles. The first-order chi connectivity index (χ1) is 15.5. The molecule has 1 aliphatic rings. The number of hydrogen-bond acceptors (Lipinski definition) is 6. The number of ether oxygens (including phenoxy) is 3. The van der Waals surface area contributed by atoms with Gasteiger partial charge in [0.15, 0.2) is 11.5 Å². The monoisotopic (exact) mass is 435 g/mol. The van der Waals surface area contributed by atoms with Crippen LogP contribution in [0.5, 0.6) is 17.2 Å². The predicted octanol–water partition coefficient (Wildman–Crippen LogP) is 4.42. The van der Waals surface area contributed by atoms with Crippen molar-refractivity contribution in [2.75, 3.05) is 33.9 Å². The van der Waals surface area contributed by atoms with Crippen molar-refractivity contribution in [3.05, 3.63) is 75.2 Å². The third-order valence-electron chi connectivity index (χ3n) is 6.10. The summed E-state index contributed by atoms with van der Waals surface area (Å²) in [7, 11) is 3.33. The Balaban J connectivity index is 1.33. The lowest BCUT2D eigenvalue weighted by molar-refractivity contribution is 0.278. The minimum absolute atomic E-state index is 0.300.